The molecule has 27 heavy (non-hydrogen) atoms. The van der Waals surface area contributed by atoms with E-state index in [0.29, 0.717) is 53.9 Å². The molecule has 0 aliphatic carbocycles. The zero-order chi connectivity index (χ0) is 19.4. The van der Waals surface area contributed by atoms with Crippen LogP contribution in [0, 0.1) is 6.92 Å². The summed E-state index contributed by atoms with van der Waals surface area (Å²) in [7, 11) is 1.51. The molecule has 1 aliphatic heterocycles. The van der Waals surface area contributed by atoms with Gasteiger partial charge < -0.3 is 19.7 Å². The normalized spacial score (nSPS) is 14.0. The van der Waals surface area contributed by atoms with Crippen molar-refractivity contribution in [2.75, 3.05) is 38.7 Å². The second kappa shape index (κ2) is 8.41. The molecule has 142 valence electrons. The molecular formula is C20H21ClN2O4. The fourth-order valence-corrected chi connectivity index (χ4v) is 3.02. The third-order valence-electron chi connectivity index (χ3n) is 4.40. The van der Waals surface area contributed by atoms with E-state index in [1.54, 1.807) is 41.3 Å². The van der Waals surface area contributed by atoms with Crippen molar-refractivity contribution in [1.29, 1.82) is 0 Å². The number of benzene rings is 2. The van der Waals surface area contributed by atoms with Gasteiger partial charge in [-0.15, -0.1) is 0 Å². The molecule has 6 nitrogen and oxygen atoms in total. The van der Waals surface area contributed by atoms with E-state index >= 15 is 0 Å². The second-order valence-corrected chi connectivity index (χ2v) is 6.65. The number of anilines is 1. The van der Waals surface area contributed by atoms with Crippen molar-refractivity contribution in [3.63, 3.8) is 0 Å². The van der Waals surface area contributed by atoms with Crippen molar-refractivity contribution in [1.82, 2.24) is 4.90 Å². The highest BCUT2D eigenvalue weighted by Gasteiger charge is 2.20. The number of hydrogen-bond acceptors (Lipinski definition) is 4. The van der Waals surface area contributed by atoms with Crippen LogP contribution in [0.1, 0.15) is 26.3 Å². The van der Waals surface area contributed by atoms with Crippen molar-refractivity contribution < 1.29 is 19.1 Å². The Morgan fingerprint density at radius 1 is 1.15 bits per heavy atom. The number of carbonyl (C=O) groups excluding carboxylic acids is 2. The molecule has 0 saturated carbocycles. The molecular weight excluding hydrogens is 368 g/mol. The number of hydrogen-bond donors (Lipinski definition) is 1. The summed E-state index contributed by atoms with van der Waals surface area (Å²) in [5, 5.41) is 3.38. The molecule has 0 unspecified atom stereocenters. The van der Waals surface area contributed by atoms with Crippen LogP contribution in [0.2, 0.25) is 5.02 Å². The third kappa shape index (κ3) is 4.40. The smallest absolute Gasteiger partial charge is 0.255 e. The number of morpholine rings is 1. The van der Waals surface area contributed by atoms with E-state index in [4.69, 9.17) is 21.1 Å². The zero-order valence-corrected chi connectivity index (χ0v) is 16.0. The Hall–Kier alpha value is -2.57. The maximum absolute atomic E-state index is 12.7. The van der Waals surface area contributed by atoms with Crippen LogP contribution in [0.15, 0.2) is 36.4 Å². The van der Waals surface area contributed by atoms with E-state index < -0.39 is 0 Å². The van der Waals surface area contributed by atoms with Crippen molar-refractivity contribution in [3.05, 3.63) is 58.1 Å². The lowest BCUT2D eigenvalue weighted by molar-refractivity contribution is 0.0303. The van der Waals surface area contributed by atoms with Crippen molar-refractivity contribution >= 4 is 29.1 Å². The zero-order valence-electron chi connectivity index (χ0n) is 15.3. The van der Waals surface area contributed by atoms with E-state index in [9.17, 15) is 9.59 Å². The molecule has 2 aromatic rings. The van der Waals surface area contributed by atoms with E-state index in [2.05, 4.69) is 5.32 Å². The Balaban J connectivity index is 1.80. The van der Waals surface area contributed by atoms with Gasteiger partial charge in [-0.2, -0.15) is 0 Å². The third-order valence-corrected chi connectivity index (χ3v) is 4.81. The lowest BCUT2D eigenvalue weighted by Gasteiger charge is -2.27. The van der Waals surface area contributed by atoms with Gasteiger partial charge in [0, 0.05) is 35.3 Å². The first kappa shape index (κ1) is 19.2. The summed E-state index contributed by atoms with van der Waals surface area (Å²) in [6.45, 7) is 4.01. The van der Waals surface area contributed by atoms with Gasteiger partial charge in [-0.05, 0) is 36.8 Å². The Morgan fingerprint density at radius 2 is 1.85 bits per heavy atom. The molecule has 7 heteroatoms. The van der Waals surface area contributed by atoms with Crippen LogP contribution < -0.4 is 10.1 Å². The largest absolute Gasteiger partial charge is 0.495 e. The Morgan fingerprint density at radius 3 is 2.56 bits per heavy atom. The second-order valence-electron chi connectivity index (χ2n) is 6.24. The number of amides is 2. The fraction of sp³-hybridized carbons (Fsp3) is 0.300. The van der Waals surface area contributed by atoms with Crippen LogP contribution in [-0.4, -0.2) is 50.1 Å². The quantitative estimate of drug-likeness (QED) is 0.871. The molecule has 0 radical (unpaired) electrons. The highest BCUT2D eigenvalue weighted by molar-refractivity contribution is 6.31. The minimum Gasteiger partial charge on any atom is -0.495 e. The number of nitrogens with zero attached hydrogens (tertiary/aromatic N) is 1. The monoisotopic (exact) mass is 388 g/mol. The highest BCUT2D eigenvalue weighted by atomic mass is 35.5. The number of carbonyl (C=O) groups is 2. The molecule has 1 aliphatic rings. The van der Waals surface area contributed by atoms with E-state index in [0.717, 1.165) is 5.56 Å². The highest BCUT2D eigenvalue weighted by Crippen LogP contribution is 2.31. The maximum Gasteiger partial charge on any atom is 0.255 e. The number of ether oxygens (including phenoxy) is 2. The average Bonchev–Trinajstić information content (AvgIpc) is 2.70. The number of rotatable bonds is 4. The van der Waals surface area contributed by atoms with E-state index in [1.165, 1.54) is 7.11 Å². The molecule has 3 rings (SSSR count). The van der Waals surface area contributed by atoms with Crippen LogP contribution in [0.3, 0.4) is 0 Å². The summed E-state index contributed by atoms with van der Waals surface area (Å²) in [5.41, 5.74) is 2.21. The lowest BCUT2D eigenvalue weighted by atomic mass is 10.1. The standard InChI is InChI=1S/C20H21ClN2O4/c1-13-10-17(18(26-2)12-16(13)21)22-19(24)14-4-3-5-15(11-14)20(25)23-6-8-27-9-7-23/h3-5,10-12H,6-9H2,1-2H3,(H,22,24). The molecule has 2 aromatic carbocycles. The first-order valence-electron chi connectivity index (χ1n) is 8.62. The minimum absolute atomic E-state index is 0.104. The number of nitrogens with one attached hydrogen (secondary N) is 1. The first-order chi connectivity index (χ1) is 13.0. The van der Waals surface area contributed by atoms with Gasteiger partial charge in [-0.1, -0.05) is 17.7 Å². The Kier molecular flexibility index (Phi) is 5.98. The van der Waals surface area contributed by atoms with Gasteiger partial charge in [-0.3, -0.25) is 9.59 Å². The Bertz CT molecular complexity index is 863. The fourth-order valence-electron chi connectivity index (χ4n) is 2.87. The molecule has 0 atom stereocenters. The van der Waals surface area contributed by atoms with Crippen LogP contribution in [0.5, 0.6) is 5.75 Å². The van der Waals surface area contributed by atoms with Crippen LogP contribution in [-0.2, 0) is 4.74 Å². The van der Waals surface area contributed by atoms with E-state index in [1.807, 2.05) is 6.92 Å². The summed E-state index contributed by atoms with van der Waals surface area (Å²) < 4.78 is 10.6. The van der Waals surface area contributed by atoms with Crippen molar-refractivity contribution in [3.8, 4) is 5.75 Å². The van der Waals surface area contributed by atoms with Gasteiger partial charge in [0.2, 0.25) is 0 Å². The van der Waals surface area contributed by atoms with Gasteiger partial charge in [0.15, 0.2) is 0 Å². The molecule has 1 heterocycles. The predicted octanol–water partition coefficient (Wildman–Crippen LogP) is 3.38. The first-order valence-corrected chi connectivity index (χ1v) is 9.00. The molecule has 1 saturated heterocycles. The van der Waals surface area contributed by atoms with Gasteiger partial charge in [0.05, 0.1) is 26.0 Å². The summed E-state index contributed by atoms with van der Waals surface area (Å²) in [6.07, 6.45) is 0. The molecule has 2 amide bonds. The molecule has 0 bridgehead atoms. The summed E-state index contributed by atoms with van der Waals surface area (Å²) in [5.74, 6) is 0.0408. The summed E-state index contributed by atoms with van der Waals surface area (Å²) in [6, 6.07) is 10.1. The van der Waals surface area contributed by atoms with Gasteiger partial charge >= 0.3 is 0 Å². The van der Waals surface area contributed by atoms with Crippen molar-refractivity contribution in [2.24, 2.45) is 0 Å². The molecule has 1 fully saturated rings. The van der Waals surface area contributed by atoms with Crippen LogP contribution in [0.4, 0.5) is 5.69 Å². The number of methoxy groups -OCH3 is 1. The predicted molar refractivity (Wildman–Crippen MR) is 104 cm³/mol. The summed E-state index contributed by atoms with van der Waals surface area (Å²) >= 11 is 6.10. The van der Waals surface area contributed by atoms with Gasteiger partial charge in [0.25, 0.3) is 11.8 Å². The van der Waals surface area contributed by atoms with Crippen molar-refractivity contribution in [2.45, 2.75) is 6.92 Å². The van der Waals surface area contributed by atoms with Gasteiger partial charge in [-0.25, -0.2) is 0 Å². The molecule has 0 spiro atoms. The van der Waals surface area contributed by atoms with Crippen LogP contribution >= 0.6 is 11.6 Å². The minimum atomic E-state index is -0.327. The number of aryl methyl sites for hydroxylation is 1. The SMILES string of the molecule is COc1cc(Cl)c(C)cc1NC(=O)c1cccc(C(=O)N2CCOCC2)c1. The molecule has 1 N–H and O–H groups in total. The van der Waals surface area contributed by atoms with Gasteiger partial charge in [0.1, 0.15) is 5.75 Å². The molecule has 0 aromatic heterocycles. The maximum atomic E-state index is 12.7. The Labute approximate surface area is 163 Å². The summed E-state index contributed by atoms with van der Waals surface area (Å²) in [4.78, 5) is 27.0. The van der Waals surface area contributed by atoms with E-state index in [-0.39, 0.29) is 11.8 Å². The average molecular weight is 389 g/mol. The topological polar surface area (TPSA) is 67.9 Å². The number of halogens is 1. The van der Waals surface area contributed by atoms with Crippen LogP contribution in [0.25, 0.3) is 0 Å². The lowest BCUT2D eigenvalue weighted by Crippen LogP contribution is -2.40.